The maximum Gasteiger partial charge on any atom is 0.224 e. The summed E-state index contributed by atoms with van der Waals surface area (Å²) in [7, 11) is 0. The average molecular weight is 462 g/mol. The molecule has 1 aliphatic heterocycles. The SMILES string of the molecule is O=C(CCCCN1CCc2ccccc2C1)Nc1cccc2c1C(=O)c1cccc3ccnc-2c13. The van der Waals surface area contributed by atoms with Crippen LogP contribution in [0.4, 0.5) is 5.69 Å². The molecule has 5 heteroatoms. The number of hydrogen-bond donors (Lipinski definition) is 1. The number of carbonyl (C=O) groups excluding carboxylic acids is 2. The molecule has 2 heterocycles. The van der Waals surface area contributed by atoms with Crippen LogP contribution in [0.5, 0.6) is 0 Å². The molecule has 0 spiro atoms. The lowest BCUT2D eigenvalue weighted by molar-refractivity contribution is -0.116. The summed E-state index contributed by atoms with van der Waals surface area (Å²) in [6.07, 6.45) is 5.09. The van der Waals surface area contributed by atoms with E-state index in [1.807, 2.05) is 42.5 Å². The van der Waals surface area contributed by atoms with E-state index in [0.29, 0.717) is 23.2 Å². The summed E-state index contributed by atoms with van der Waals surface area (Å²) in [4.78, 5) is 33.3. The largest absolute Gasteiger partial charge is 0.325 e. The monoisotopic (exact) mass is 461 g/mol. The van der Waals surface area contributed by atoms with E-state index >= 15 is 0 Å². The van der Waals surface area contributed by atoms with Crippen LogP contribution in [0.2, 0.25) is 0 Å². The first-order valence-electron chi connectivity index (χ1n) is 12.3. The van der Waals surface area contributed by atoms with Crippen molar-refractivity contribution in [3.05, 3.63) is 95.2 Å². The van der Waals surface area contributed by atoms with E-state index in [-0.39, 0.29) is 11.7 Å². The first kappa shape index (κ1) is 21.7. The Morgan fingerprint density at radius 2 is 1.74 bits per heavy atom. The zero-order valence-corrected chi connectivity index (χ0v) is 19.6. The Bertz CT molecular complexity index is 1450. The van der Waals surface area contributed by atoms with E-state index in [1.165, 1.54) is 11.1 Å². The molecule has 0 radical (unpaired) electrons. The number of amides is 1. The normalized spacial score (nSPS) is 14.5. The van der Waals surface area contributed by atoms with Gasteiger partial charge in [0, 0.05) is 42.2 Å². The van der Waals surface area contributed by atoms with Gasteiger partial charge in [-0.15, -0.1) is 0 Å². The van der Waals surface area contributed by atoms with Crippen molar-refractivity contribution in [3.8, 4) is 11.3 Å². The molecule has 0 fully saturated rings. The fourth-order valence-corrected chi connectivity index (χ4v) is 5.44. The number of carbonyl (C=O) groups is 2. The molecular formula is C30H27N3O2. The van der Waals surface area contributed by atoms with E-state index < -0.39 is 0 Å². The number of pyridine rings is 1. The van der Waals surface area contributed by atoms with E-state index in [0.717, 1.165) is 60.9 Å². The van der Waals surface area contributed by atoms with Crippen LogP contribution in [0.25, 0.3) is 22.0 Å². The van der Waals surface area contributed by atoms with Gasteiger partial charge in [0.15, 0.2) is 5.78 Å². The highest BCUT2D eigenvalue weighted by Crippen LogP contribution is 2.40. The standard InChI is InChI=1S/C30H27N3O2/c34-26(13-3-4-17-33-18-15-20-7-1-2-8-22(20)19-33)32-25-12-6-10-23-28(25)30(35)24-11-5-9-21-14-16-31-29(23)27(21)24/h1-2,5-12,14,16H,3-4,13,15,17-19H2,(H,32,34). The van der Waals surface area contributed by atoms with Gasteiger partial charge in [-0.25, -0.2) is 0 Å². The number of anilines is 1. The van der Waals surface area contributed by atoms with Crippen molar-refractivity contribution < 1.29 is 9.59 Å². The number of nitrogens with one attached hydrogen (secondary N) is 1. The minimum atomic E-state index is -0.0626. The van der Waals surface area contributed by atoms with Gasteiger partial charge in [0.25, 0.3) is 0 Å². The molecule has 0 unspecified atom stereocenters. The lowest BCUT2D eigenvalue weighted by Gasteiger charge is -2.28. The van der Waals surface area contributed by atoms with Crippen molar-refractivity contribution in [2.75, 3.05) is 18.4 Å². The van der Waals surface area contributed by atoms with Gasteiger partial charge in [-0.1, -0.05) is 54.6 Å². The van der Waals surface area contributed by atoms with Gasteiger partial charge in [0.05, 0.1) is 16.9 Å². The van der Waals surface area contributed by atoms with E-state index in [2.05, 4.69) is 39.5 Å². The van der Waals surface area contributed by atoms with Crippen molar-refractivity contribution in [1.82, 2.24) is 9.88 Å². The van der Waals surface area contributed by atoms with Crippen LogP contribution in [0, 0.1) is 0 Å². The van der Waals surface area contributed by atoms with Crippen LogP contribution in [0.15, 0.2) is 72.9 Å². The Morgan fingerprint density at radius 1 is 0.914 bits per heavy atom. The number of nitrogens with zero attached hydrogens (tertiary/aromatic N) is 2. The highest BCUT2D eigenvalue weighted by atomic mass is 16.1. The third-order valence-electron chi connectivity index (χ3n) is 7.19. The van der Waals surface area contributed by atoms with Crippen molar-refractivity contribution in [3.63, 3.8) is 0 Å². The number of hydrogen-bond acceptors (Lipinski definition) is 4. The Labute approximate surface area is 204 Å². The number of fused-ring (bicyclic) bond motifs is 3. The predicted octanol–water partition coefficient (Wildman–Crippen LogP) is 5.61. The van der Waals surface area contributed by atoms with Crippen LogP contribution in [0.1, 0.15) is 46.3 Å². The minimum Gasteiger partial charge on any atom is -0.325 e. The average Bonchev–Trinajstić information content (AvgIpc) is 2.89. The molecular weight excluding hydrogens is 434 g/mol. The zero-order chi connectivity index (χ0) is 23.8. The number of unbranched alkanes of at least 4 members (excludes halogenated alkanes) is 1. The maximum absolute atomic E-state index is 13.4. The molecule has 0 atom stereocenters. The minimum absolute atomic E-state index is 0.0554. The number of ketones is 1. The fourth-order valence-electron chi connectivity index (χ4n) is 5.44. The third kappa shape index (κ3) is 4.02. The van der Waals surface area contributed by atoms with Crippen molar-refractivity contribution in [2.45, 2.75) is 32.2 Å². The summed E-state index contributed by atoms with van der Waals surface area (Å²) in [5.74, 6) is -0.118. The molecule has 1 aromatic heterocycles. The molecule has 1 N–H and O–H groups in total. The highest BCUT2D eigenvalue weighted by molar-refractivity contribution is 6.27. The molecule has 5 nitrogen and oxygen atoms in total. The molecule has 1 aliphatic carbocycles. The van der Waals surface area contributed by atoms with E-state index in [4.69, 9.17) is 0 Å². The molecule has 174 valence electrons. The second-order valence-corrected chi connectivity index (χ2v) is 9.42. The van der Waals surface area contributed by atoms with Crippen LogP contribution in [0.3, 0.4) is 0 Å². The fraction of sp³-hybridized carbons (Fsp3) is 0.233. The van der Waals surface area contributed by atoms with Gasteiger partial charge in [-0.3, -0.25) is 19.5 Å². The van der Waals surface area contributed by atoms with Gasteiger partial charge in [-0.05, 0) is 54.5 Å². The molecule has 3 aromatic carbocycles. The Balaban J connectivity index is 1.11. The number of rotatable bonds is 6. The summed E-state index contributed by atoms with van der Waals surface area (Å²) >= 11 is 0. The molecule has 0 saturated heterocycles. The van der Waals surface area contributed by atoms with Crippen molar-refractivity contribution >= 4 is 28.2 Å². The van der Waals surface area contributed by atoms with Crippen LogP contribution >= 0.6 is 0 Å². The summed E-state index contributed by atoms with van der Waals surface area (Å²) in [6, 6.07) is 21.9. The van der Waals surface area contributed by atoms with Crippen LogP contribution in [-0.4, -0.2) is 34.7 Å². The Hall–Kier alpha value is -3.83. The topological polar surface area (TPSA) is 62.3 Å². The zero-order valence-electron chi connectivity index (χ0n) is 19.6. The molecule has 1 amide bonds. The lowest BCUT2D eigenvalue weighted by atomic mass is 9.85. The third-order valence-corrected chi connectivity index (χ3v) is 7.19. The second-order valence-electron chi connectivity index (χ2n) is 9.42. The van der Waals surface area contributed by atoms with Gasteiger partial charge in [-0.2, -0.15) is 0 Å². The summed E-state index contributed by atoms with van der Waals surface area (Å²) in [5, 5.41) is 4.90. The first-order valence-corrected chi connectivity index (χ1v) is 12.3. The van der Waals surface area contributed by atoms with Gasteiger partial charge in [0.2, 0.25) is 5.91 Å². The molecule has 35 heavy (non-hydrogen) atoms. The highest BCUT2D eigenvalue weighted by Gasteiger charge is 2.28. The smallest absolute Gasteiger partial charge is 0.224 e. The van der Waals surface area contributed by atoms with Crippen LogP contribution in [-0.2, 0) is 17.8 Å². The summed E-state index contributed by atoms with van der Waals surface area (Å²) in [5.41, 5.74) is 6.20. The Kier molecular flexibility index (Phi) is 5.63. The van der Waals surface area contributed by atoms with Crippen LogP contribution < -0.4 is 5.32 Å². The van der Waals surface area contributed by atoms with Crippen molar-refractivity contribution in [2.24, 2.45) is 0 Å². The van der Waals surface area contributed by atoms with Gasteiger partial charge in [0.1, 0.15) is 0 Å². The van der Waals surface area contributed by atoms with E-state index in [1.54, 1.807) is 6.20 Å². The maximum atomic E-state index is 13.4. The second kappa shape index (κ2) is 9.08. The molecule has 4 aromatic rings. The number of aromatic nitrogens is 1. The molecule has 6 rings (SSSR count). The lowest BCUT2D eigenvalue weighted by Crippen LogP contribution is -2.31. The summed E-state index contributed by atoms with van der Waals surface area (Å²) in [6.45, 7) is 3.06. The first-order chi connectivity index (χ1) is 17.2. The summed E-state index contributed by atoms with van der Waals surface area (Å²) < 4.78 is 0. The Morgan fingerprint density at radius 3 is 2.66 bits per heavy atom. The van der Waals surface area contributed by atoms with Gasteiger partial charge >= 0.3 is 0 Å². The molecule has 2 aliphatic rings. The van der Waals surface area contributed by atoms with E-state index in [9.17, 15) is 9.59 Å². The van der Waals surface area contributed by atoms with Crippen molar-refractivity contribution in [1.29, 1.82) is 0 Å². The molecule has 0 saturated carbocycles. The quantitative estimate of drug-likeness (QED) is 0.334. The predicted molar refractivity (Wildman–Crippen MR) is 139 cm³/mol. The van der Waals surface area contributed by atoms with Gasteiger partial charge < -0.3 is 5.32 Å². The molecule has 0 bridgehead atoms. The number of benzene rings is 3.